The van der Waals surface area contributed by atoms with Crippen LogP contribution in [0.25, 0.3) is 6.08 Å². The molecule has 0 atom stereocenters. The van der Waals surface area contributed by atoms with E-state index >= 15 is 0 Å². The number of hydrogen-bond acceptors (Lipinski definition) is 3. The van der Waals surface area contributed by atoms with Crippen molar-refractivity contribution in [1.82, 2.24) is 5.32 Å². The van der Waals surface area contributed by atoms with Crippen LogP contribution < -0.4 is 15.5 Å². The van der Waals surface area contributed by atoms with E-state index in [4.69, 9.17) is 12.2 Å². The van der Waals surface area contributed by atoms with Gasteiger partial charge in [-0.1, -0.05) is 38.1 Å². The van der Waals surface area contributed by atoms with Gasteiger partial charge in [-0.05, 0) is 72.8 Å². The highest BCUT2D eigenvalue weighted by molar-refractivity contribution is 7.80. The zero-order valence-electron chi connectivity index (χ0n) is 18.7. The summed E-state index contributed by atoms with van der Waals surface area (Å²) in [7, 11) is 0. The van der Waals surface area contributed by atoms with E-state index in [9.17, 15) is 18.0 Å². The number of nitrogens with zero attached hydrogens (tertiary/aromatic N) is 1. The Labute approximate surface area is 197 Å². The fraction of sp³-hybridized carbons (Fsp3) is 0.360. The lowest BCUT2D eigenvalue weighted by molar-refractivity contribution is -0.137. The molecule has 1 amide bonds. The minimum Gasteiger partial charge on any atom is -0.370 e. The van der Waals surface area contributed by atoms with Gasteiger partial charge in [-0.2, -0.15) is 13.2 Å². The Kier molecular flexibility index (Phi) is 8.13. The predicted molar refractivity (Wildman–Crippen MR) is 131 cm³/mol. The summed E-state index contributed by atoms with van der Waals surface area (Å²) in [6.45, 7) is 5.73. The number of halogens is 3. The van der Waals surface area contributed by atoms with Crippen molar-refractivity contribution in [2.24, 2.45) is 0 Å². The molecule has 2 aromatic rings. The van der Waals surface area contributed by atoms with E-state index in [-0.39, 0.29) is 10.8 Å². The topological polar surface area (TPSA) is 44.4 Å². The van der Waals surface area contributed by atoms with Crippen LogP contribution in [0, 0.1) is 0 Å². The second-order valence-corrected chi connectivity index (χ2v) is 8.78. The third-order valence-corrected chi connectivity index (χ3v) is 5.74. The van der Waals surface area contributed by atoms with E-state index in [1.54, 1.807) is 6.08 Å². The molecule has 0 aliphatic carbocycles. The van der Waals surface area contributed by atoms with Crippen LogP contribution in [-0.2, 0) is 11.0 Å². The van der Waals surface area contributed by atoms with Gasteiger partial charge in [0.05, 0.1) is 16.9 Å². The summed E-state index contributed by atoms with van der Waals surface area (Å²) in [4.78, 5) is 14.3. The van der Waals surface area contributed by atoms with Crippen LogP contribution in [0.4, 0.5) is 24.5 Å². The number of alkyl halides is 3. The first-order valence-electron chi connectivity index (χ1n) is 11.0. The molecule has 1 fully saturated rings. The quantitative estimate of drug-likeness (QED) is 0.391. The highest BCUT2D eigenvalue weighted by atomic mass is 32.1. The maximum absolute atomic E-state index is 13.3. The van der Waals surface area contributed by atoms with Crippen molar-refractivity contribution >= 4 is 40.7 Å². The van der Waals surface area contributed by atoms with Crippen molar-refractivity contribution in [3.8, 4) is 0 Å². The number of thiocarbonyl (C=S) groups is 1. The van der Waals surface area contributed by atoms with Gasteiger partial charge in [0.2, 0.25) is 5.91 Å². The van der Waals surface area contributed by atoms with Gasteiger partial charge in [-0.15, -0.1) is 0 Å². The van der Waals surface area contributed by atoms with Crippen molar-refractivity contribution in [2.75, 3.05) is 23.3 Å². The van der Waals surface area contributed by atoms with Crippen LogP contribution >= 0.6 is 12.2 Å². The van der Waals surface area contributed by atoms with Crippen LogP contribution in [-0.4, -0.2) is 24.1 Å². The first-order chi connectivity index (χ1) is 15.6. The standard InChI is InChI=1S/C25H28F3N3OS/c1-17(2)19-9-6-18(7-10-19)8-13-23(32)30-24(33)29-21-16-20(25(26,27)28)11-12-22(21)31-14-4-3-5-15-31/h6-13,16-17H,3-5,14-15H2,1-2H3,(H2,29,30,32,33)/b13-8+. The molecule has 3 rings (SSSR count). The summed E-state index contributed by atoms with van der Waals surface area (Å²) < 4.78 is 39.8. The Morgan fingerprint density at radius 2 is 1.73 bits per heavy atom. The van der Waals surface area contributed by atoms with Crippen molar-refractivity contribution in [1.29, 1.82) is 0 Å². The van der Waals surface area contributed by atoms with Gasteiger partial charge in [0, 0.05) is 19.2 Å². The zero-order chi connectivity index (χ0) is 24.0. The van der Waals surface area contributed by atoms with E-state index in [2.05, 4.69) is 24.5 Å². The third-order valence-electron chi connectivity index (χ3n) is 5.54. The van der Waals surface area contributed by atoms with Gasteiger partial charge < -0.3 is 10.2 Å². The summed E-state index contributed by atoms with van der Waals surface area (Å²) in [5.74, 6) is -0.0487. The van der Waals surface area contributed by atoms with E-state index in [0.29, 0.717) is 11.6 Å². The van der Waals surface area contributed by atoms with Gasteiger partial charge in [-0.25, -0.2) is 0 Å². The lowest BCUT2D eigenvalue weighted by Gasteiger charge is -2.31. The van der Waals surface area contributed by atoms with Crippen LogP contribution in [0.5, 0.6) is 0 Å². The molecule has 1 heterocycles. The Morgan fingerprint density at radius 1 is 1.06 bits per heavy atom. The average molecular weight is 476 g/mol. The van der Waals surface area contributed by atoms with E-state index in [0.717, 1.165) is 50.0 Å². The summed E-state index contributed by atoms with van der Waals surface area (Å²) in [5.41, 5.74) is 2.15. The van der Waals surface area contributed by atoms with E-state index < -0.39 is 17.6 Å². The number of benzene rings is 2. The molecular formula is C25H28F3N3OS. The largest absolute Gasteiger partial charge is 0.416 e. The Bertz CT molecular complexity index is 1010. The molecule has 33 heavy (non-hydrogen) atoms. The molecule has 2 aromatic carbocycles. The molecule has 1 aliphatic heterocycles. The Morgan fingerprint density at radius 3 is 2.33 bits per heavy atom. The predicted octanol–water partition coefficient (Wildman–Crippen LogP) is 6.35. The number of piperidine rings is 1. The van der Waals surface area contributed by atoms with Crippen molar-refractivity contribution in [3.05, 3.63) is 65.2 Å². The molecule has 0 radical (unpaired) electrons. The molecule has 1 saturated heterocycles. The number of nitrogens with one attached hydrogen (secondary N) is 2. The molecule has 0 saturated carbocycles. The number of rotatable bonds is 5. The second kappa shape index (κ2) is 10.8. The molecule has 2 N–H and O–H groups in total. The first-order valence-corrected chi connectivity index (χ1v) is 11.4. The normalized spacial score (nSPS) is 14.5. The number of anilines is 2. The number of hydrogen-bond donors (Lipinski definition) is 2. The summed E-state index contributed by atoms with van der Waals surface area (Å²) in [6.07, 6.45) is 1.58. The monoisotopic (exact) mass is 475 g/mol. The second-order valence-electron chi connectivity index (χ2n) is 8.38. The summed E-state index contributed by atoms with van der Waals surface area (Å²) in [6, 6.07) is 11.4. The number of carbonyl (C=O) groups is 1. The van der Waals surface area contributed by atoms with Gasteiger partial charge >= 0.3 is 6.18 Å². The SMILES string of the molecule is CC(C)c1ccc(/C=C/C(=O)NC(=S)Nc2cc(C(F)(F)F)ccc2N2CCCCC2)cc1. The highest BCUT2D eigenvalue weighted by Crippen LogP contribution is 2.36. The van der Waals surface area contributed by atoms with Gasteiger partial charge in [-0.3, -0.25) is 10.1 Å². The van der Waals surface area contributed by atoms with E-state index in [1.165, 1.54) is 17.7 Å². The molecular weight excluding hydrogens is 447 g/mol. The highest BCUT2D eigenvalue weighted by Gasteiger charge is 2.31. The van der Waals surface area contributed by atoms with E-state index in [1.807, 2.05) is 29.2 Å². The summed E-state index contributed by atoms with van der Waals surface area (Å²) in [5, 5.41) is 5.25. The molecule has 0 spiro atoms. The van der Waals surface area contributed by atoms with Gasteiger partial charge in [0.1, 0.15) is 0 Å². The minimum atomic E-state index is -4.48. The molecule has 1 aliphatic rings. The van der Waals surface area contributed by atoms with Crippen LogP contribution in [0.2, 0.25) is 0 Å². The van der Waals surface area contributed by atoms with Crippen molar-refractivity contribution < 1.29 is 18.0 Å². The smallest absolute Gasteiger partial charge is 0.370 e. The lowest BCUT2D eigenvalue weighted by Crippen LogP contribution is -2.35. The minimum absolute atomic E-state index is 0.0580. The van der Waals surface area contributed by atoms with Crippen LogP contribution in [0.15, 0.2) is 48.5 Å². The number of amides is 1. The first kappa shape index (κ1) is 24.8. The lowest BCUT2D eigenvalue weighted by atomic mass is 10.0. The zero-order valence-corrected chi connectivity index (χ0v) is 19.5. The maximum atomic E-state index is 13.3. The maximum Gasteiger partial charge on any atom is 0.416 e. The molecule has 0 unspecified atom stereocenters. The van der Waals surface area contributed by atoms with Gasteiger partial charge in [0.15, 0.2) is 5.11 Å². The number of carbonyl (C=O) groups excluding carboxylic acids is 1. The molecule has 8 heteroatoms. The third kappa shape index (κ3) is 7.05. The fourth-order valence-corrected chi connectivity index (χ4v) is 3.90. The Balaban J connectivity index is 1.69. The molecule has 4 nitrogen and oxygen atoms in total. The van der Waals surface area contributed by atoms with Crippen molar-refractivity contribution in [3.63, 3.8) is 0 Å². The van der Waals surface area contributed by atoms with Crippen LogP contribution in [0.1, 0.15) is 55.7 Å². The fourth-order valence-electron chi connectivity index (χ4n) is 3.69. The van der Waals surface area contributed by atoms with Gasteiger partial charge in [0.25, 0.3) is 0 Å². The molecule has 0 aromatic heterocycles. The molecule has 176 valence electrons. The van der Waals surface area contributed by atoms with Crippen molar-refractivity contribution in [2.45, 2.75) is 45.2 Å². The average Bonchev–Trinajstić information content (AvgIpc) is 2.78. The summed E-state index contributed by atoms with van der Waals surface area (Å²) >= 11 is 5.21. The molecule has 0 bridgehead atoms. The van der Waals surface area contributed by atoms with Crippen LogP contribution in [0.3, 0.4) is 0 Å². The Hall–Kier alpha value is -2.87.